The molecule has 0 aliphatic rings. The molecule has 0 bridgehead atoms. The van der Waals surface area contributed by atoms with Gasteiger partial charge >= 0.3 is 0 Å². The highest BCUT2D eigenvalue weighted by Gasteiger charge is 1.94. The summed E-state index contributed by atoms with van der Waals surface area (Å²) in [5, 5.41) is 0. The van der Waals surface area contributed by atoms with Crippen molar-refractivity contribution in [3.8, 4) is 0 Å². The molecule has 0 spiro atoms. The van der Waals surface area contributed by atoms with E-state index in [0.29, 0.717) is 13.2 Å². The fourth-order valence-corrected chi connectivity index (χ4v) is 1.95. The maximum absolute atomic E-state index is 5.45. The molecule has 0 fully saturated rings. The van der Waals surface area contributed by atoms with E-state index in [2.05, 4.69) is 0 Å². The van der Waals surface area contributed by atoms with Gasteiger partial charge in [-0.3, -0.25) is 0 Å². The van der Waals surface area contributed by atoms with Crippen molar-refractivity contribution < 1.29 is 9.05 Å². The Morgan fingerprint density at radius 2 is 1.06 bits per heavy atom. The van der Waals surface area contributed by atoms with Gasteiger partial charge in [0.2, 0.25) is 0 Å². The molecule has 2 rings (SSSR count). The zero-order valence-corrected chi connectivity index (χ0v) is 10.5. The summed E-state index contributed by atoms with van der Waals surface area (Å²) in [5.74, 6) is 0. The quantitative estimate of drug-likeness (QED) is 0.568. The second-order valence-electron chi connectivity index (χ2n) is 3.63. The van der Waals surface area contributed by atoms with Crippen LogP contribution >= 0.6 is 9.03 Å². The van der Waals surface area contributed by atoms with Crippen molar-refractivity contribution in [1.82, 2.24) is 0 Å². The van der Waals surface area contributed by atoms with Crippen LogP contribution < -0.4 is 0 Å². The summed E-state index contributed by atoms with van der Waals surface area (Å²) < 4.78 is 10.9. The van der Waals surface area contributed by atoms with Gasteiger partial charge in [-0.25, -0.2) is 0 Å². The Bertz CT molecular complexity index is 375. The highest BCUT2D eigenvalue weighted by atomic mass is 31.1. The van der Waals surface area contributed by atoms with Crippen LogP contribution in [0, 0.1) is 0 Å². The van der Waals surface area contributed by atoms with Gasteiger partial charge in [0.25, 0.3) is 0 Å². The van der Waals surface area contributed by atoms with Gasteiger partial charge in [-0.15, -0.1) is 0 Å². The summed E-state index contributed by atoms with van der Waals surface area (Å²) >= 11 is 0. The molecule has 17 heavy (non-hydrogen) atoms. The zero-order chi connectivity index (χ0) is 11.8. The normalized spacial score (nSPS) is 10.4. The summed E-state index contributed by atoms with van der Waals surface area (Å²) in [6.07, 6.45) is 0. The standard InChI is InChI=1S/C14H15O2P/c1-3-7-13(8-4-1)11-15-17-16-12-14-9-5-2-6-10-14/h1-10,17H,11-12H2. The maximum Gasteiger partial charge on any atom is 0.155 e. The molecule has 0 saturated carbocycles. The molecular weight excluding hydrogens is 231 g/mol. The topological polar surface area (TPSA) is 18.5 Å². The van der Waals surface area contributed by atoms with E-state index in [1.807, 2.05) is 60.7 Å². The third-order valence-corrected chi connectivity index (χ3v) is 2.81. The van der Waals surface area contributed by atoms with Crippen molar-refractivity contribution >= 4 is 9.03 Å². The van der Waals surface area contributed by atoms with Gasteiger partial charge in [-0.1, -0.05) is 60.7 Å². The Balaban J connectivity index is 1.61. The molecule has 0 aliphatic heterocycles. The first-order valence-corrected chi connectivity index (χ1v) is 6.33. The fourth-order valence-electron chi connectivity index (χ4n) is 1.42. The minimum absolute atomic E-state index is 0.0833. The molecule has 0 radical (unpaired) electrons. The predicted octanol–water partition coefficient (Wildman–Crippen LogP) is 3.93. The van der Waals surface area contributed by atoms with Crippen LogP contribution in [0.3, 0.4) is 0 Å². The molecule has 2 aromatic rings. The van der Waals surface area contributed by atoms with Crippen LogP contribution in [0.25, 0.3) is 0 Å². The van der Waals surface area contributed by atoms with Gasteiger partial charge < -0.3 is 9.05 Å². The second kappa shape index (κ2) is 7.18. The molecule has 3 heteroatoms. The Kier molecular flexibility index (Phi) is 5.18. The SMILES string of the molecule is c1ccc(COPOCc2ccccc2)cc1. The van der Waals surface area contributed by atoms with Gasteiger partial charge in [0.1, 0.15) is 0 Å². The van der Waals surface area contributed by atoms with E-state index in [1.54, 1.807) is 0 Å². The Hall–Kier alpha value is -1.21. The van der Waals surface area contributed by atoms with Crippen LogP contribution in [0.4, 0.5) is 0 Å². The molecule has 0 aliphatic carbocycles. The lowest BCUT2D eigenvalue weighted by Gasteiger charge is -2.05. The highest BCUT2D eigenvalue weighted by molar-refractivity contribution is 7.26. The van der Waals surface area contributed by atoms with Crippen molar-refractivity contribution in [3.05, 3.63) is 71.8 Å². The van der Waals surface area contributed by atoms with E-state index in [0.717, 1.165) is 0 Å². The molecule has 0 atom stereocenters. The highest BCUT2D eigenvalue weighted by Crippen LogP contribution is 2.19. The summed E-state index contributed by atoms with van der Waals surface area (Å²) in [5.41, 5.74) is 2.34. The molecule has 88 valence electrons. The first kappa shape index (κ1) is 12.3. The third-order valence-electron chi connectivity index (χ3n) is 2.28. The molecule has 0 N–H and O–H groups in total. The summed E-state index contributed by atoms with van der Waals surface area (Å²) in [6, 6.07) is 20.2. The van der Waals surface area contributed by atoms with E-state index in [9.17, 15) is 0 Å². The van der Waals surface area contributed by atoms with Gasteiger partial charge in [0, 0.05) is 0 Å². The molecule has 2 nitrogen and oxygen atoms in total. The maximum atomic E-state index is 5.45. The average molecular weight is 246 g/mol. The second-order valence-corrected chi connectivity index (χ2v) is 4.38. The lowest BCUT2D eigenvalue weighted by molar-refractivity contribution is 0.253. The molecular formula is C14H15O2P. The summed E-state index contributed by atoms with van der Waals surface area (Å²) in [6.45, 7) is 1.21. The smallest absolute Gasteiger partial charge is 0.155 e. The summed E-state index contributed by atoms with van der Waals surface area (Å²) in [7, 11) is 0.0833. The largest absolute Gasteiger partial charge is 0.331 e. The predicted molar refractivity (Wildman–Crippen MR) is 70.8 cm³/mol. The van der Waals surface area contributed by atoms with Gasteiger partial charge in [-0.2, -0.15) is 0 Å². The van der Waals surface area contributed by atoms with Crippen LogP contribution in [0.5, 0.6) is 0 Å². The minimum atomic E-state index is 0.0833. The molecule has 0 unspecified atom stereocenters. The van der Waals surface area contributed by atoms with Gasteiger partial charge in [-0.05, 0) is 11.1 Å². The van der Waals surface area contributed by atoms with E-state index < -0.39 is 0 Å². The lowest BCUT2D eigenvalue weighted by atomic mass is 10.2. The average Bonchev–Trinajstić information content (AvgIpc) is 2.41. The van der Waals surface area contributed by atoms with Gasteiger partial charge in [0.05, 0.1) is 13.2 Å². The van der Waals surface area contributed by atoms with Crippen molar-refractivity contribution in [3.63, 3.8) is 0 Å². The van der Waals surface area contributed by atoms with Crippen LogP contribution in [-0.2, 0) is 22.3 Å². The van der Waals surface area contributed by atoms with Crippen molar-refractivity contribution in [2.45, 2.75) is 13.2 Å². The molecule has 0 heterocycles. The Labute approximate surface area is 104 Å². The van der Waals surface area contributed by atoms with E-state index in [1.165, 1.54) is 11.1 Å². The van der Waals surface area contributed by atoms with Crippen molar-refractivity contribution in [2.24, 2.45) is 0 Å². The van der Waals surface area contributed by atoms with E-state index in [-0.39, 0.29) is 9.03 Å². The Morgan fingerprint density at radius 1 is 0.647 bits per heavy atom. The summed E-state index contributed by atoms with van der Waals surface area (Å²) in [4.78, 5) is 0. The van der Waals surface area contributed by atoms with E-state index in [4.69, 9.17) is 9.05 Å². The minimum Gasteiger partial charge on any atom is -0.331 e. The van der Waals surface area contributed by atoms with Crippen LogP contribution in [-0.4, -0.2) is 0 Å². The van der Waals surface area contributed by atoms with Crippen LogP contribution in [0.2, 0.25) is 0 Å². The zero-order valence-electron chi connectivity index (χ0n) is 9.50. The molecule has 0 aromatic heterocycles. The molecule has 0 amide bonds. The van der Waals surface area contributed by atoms with Gasteiger partial charge in [0.15, 0.2) is 9.03 Å². The lowest BCUT2D eigenvalue weighted by Crippen LogP contribution is -1.87. The van der Waals surface area contributed by atoms with Crippen molar-refractivity contribution in [2.75, 3.05) is 0 Å². The first-order chi connectivity index (χ1) is 8.45. The number of hydrogen-bond acceptors (Lipinski definition) is 2. The van der Waals surface area contributed by atoms with E-state index >= 15 is 0 Å². The Morgan fingerprint density at radius 3 is 1.47 bits per heavy atom. The number of benzene rings is 2. The number of hydrogen-bond donors (Lipinski definition) is 0. The third kappa shape index (κ3) is 4.66. The fraction of sp³-hybridized carbons (Fsp3) is 0.143. The molecule has 0 saturated heterocycles. The van der Waals surface area contributed by atoms with Crippen molar-refractivity contribution in [1.29, 1.82) is 0 Å². The monoisotopic (exact) mass is 246 g/mol. The van der Waals surface area contributed by atoms with Crippen LogP contribution in [0.15, 0.2) is 60.7 Å². The molecule has 2 aromatic carbocycles. The van der Waals surface area contributed by atoms with Crippen LogP contribution in [0.1, 0.15) is 11.1 Å². The number of rotatable bonds is 6. The first-order valence-electron chi connectivity index (χ1n) is 5.51.